The number of rotatable bonds is 3. The largest absolute Gasteiger partial charge is 0.478 e. The summed E-state index contributed by atoms with van der Waals surface area (Å²) in [5, 5.41) is 8.97. The number of fused-ring (bicyclic) bond motifs is 1. The molecule has 0 spiro atoms. The Morgan fingerprint density at radius 2 is 1.88 bits per heavy atom. The van der Waals surface area contributed by atoms with Crippen molar-refractivity contribution in [3.63, 3.8) is 0 Å². The molecule has 1 aliphatic rings. The summed E-state index contributed by atoms with van der Waals surface area (Å²) in [5.74, 6) is 1.09. The van der Waals surface area contributed by atoms with Crippen molar-refractivity contribution in [3.8, 4) is 0 Å². The van der Waals surface area contributed by atoms with Crippen molar-refractivity contribution >= 4 is 29.4 Å². The molecule has 2 aromatic carbocycles. The van der Waals surface area contributed by atoms with Gasteiger partial charge in [0.15, 0.2) is 0 Å². The summed E-state index contributed by atoms with van der Waals surface area (Å²) in [6.45, 7) is 4.44. The first-order chi connectivity index (χ1) is 11.5. The minimum Gasteiger partial charge on any atom is -0.478 e. The van der Waals surface area contributed by atoms with E-state index in [9.17, 15) is 4.79 Å². The van der Waals surface area contributed by atoms with E-state index in [1.54, 1.807) is 12.1 Å². The first kappa shape index (κ1) is 16.8. The van der Waals surface area contributed by atoms with Crippen LogP contribution in [0.4, 0.5) is 0 Å². The average molecular weight is 338 g/mol. The van der Waals surface area contributed by atoms with Gasteiger partial charge in [0.05, 0.1) is 5.56 Å². The second-order valence-electron chi connectivity index (χ2n) is 6.53. The Morgan fingerprint density at radius 1 is 1.17 bits per heavy atom. The zero-order valence-electron chi connectivity index (χ0n) is 14.1. The molecule has 1 heterocycles. The van der Waals surface area contributed by atoms with Crippen LogP contribution in [0.25, 0.3) is 11.6 Å². The van der Waals surface area contributed by atoms with Crippen LogP contribution in [0, 0.1) is 5.92 Å². The predicted molar refractivity (Wildman–Crippen MR) is 102 cm³/mol. The number of aromatic carboxylic acids is 1. The smallest absolute Gasteiger partial charge is 0.335 e. The Labute approximate surface area is 147 Å². The average Bonchev–Trinajstić information content (AvgIpc) is 2.77. The van der Waals surface area contributed by atoms with E-state index >= 15 is 0 Å². The van der Waals surface area contributed by atoms with Gasteiger partial charge < -0.3 is 5.11 Å². The monoisotopic (exact) mass is 338 g/mol. The normalized spacial score (nSPS) is 17.9. The molecule has 2 aromatic rings. The molecule has 2 nitrogen and oxygen atoms in total. The number of hydrogen-bond donors (Lipinski definition) is 1. The zero-order chi connectivity index (χ0) is 17.1. The maximum absolute atomic E-state index is 10.9. The number of carboxylic acids is 1. The van der Waals surface area contributed by atoms with Crippen LogP contribution in [-0.2, 0) is 6.42 Å². The quantitative estimate of drug-likeness (QED) is 0.738. The molecule has 1 N–H and O–H groups in total. The van der Waals surface area contributed by atoms with Gasteiger partial charge in [0, 0.05) is 10.6 Å². The van der Waals surface area contributed by atoms with Gasteiger partial charge >= 0.3 is 5.97 Å². The van der Waals surface area contributed by atoms with Crippen LogP contribution in [0.5, 0.6) is 0 Å². The minimum atomic E-state index is -0.889. The lowest BCUT2D eigenvalue weighted by atomic mass is 9.98. The zero-order valence-corrected chi connectivity index (χ0v) is 14.9. The van der Waals surface area contributed by atoms with Crippen molar-refractivity contribution in [2.45, 2.75) is 31.6 Å². The summed E-state index contributed by atoms with van der Waals surface area (Å²) in [6.07, 6.45) is 4.51. The summed E-state index contributed by atoms with van der Waals surface area (Å²) < 4.78 is 0. The predicted octanol–water partition coefficient (Wildman–Crippen LogP) is 5.62. The van der Waals surface area contributed by atoms with Gasteiger partial charge in [-0.3, -0.25) is 0 Å². The Balaban J connectivity index is 1.84. The minimum absolute atomic E-state index is 0.320. The lowest BCUT2D eigenvalue weighted by molar-refractivity contribution is 0.0697. The molecular weight excluding hydrogens is 316 g/mol. The van der Waals surface area contributed by atoms with Crippen LogP contribution < -0.4 is 0 Å². The van der Waals surface area contributed by atoms with Gasteiger partial charge in [-0.05, 0) is 66.1 Å². The van der Waals surface area contributed by atoms with Crippen molar-refractivity contribution in [1.29, 1.82) is 0 Å². The molecule has 0 amide bonds. The summed E-state index contributed by atoms with van der Waals surface area (Å²) in [6, 6.07) is 13.8. The standard InChI is InChI=1S/C21H22O2S/c1-14-3-6-19-12-18(9-10-20(19)24-13-14)15(2)11-16-4-7-17(8-5-16)21(22)23/h4-5,7-12,14H,3,6,13H2,1-2H3,(H,22,23). The number of thioether (sulfide) groups is 1. The number of benzene rings is 2. The molecule has 3 heteroatoms. The molecule has 0 radical (unpaired) electrons. The SMILES string of the molecule is CC(=Cc1ccc(C(=O)O)cc1)c1ccc2c(c1)CCC(C)CS2. The lowest BCUT2D eigenvalue weighted by Gasteiger charge is -2.09. The van der Waals surface area contributed by atoms with Crippen molar-refractivity contribution < 1.29 is 9.90 Å². The van der Waals surface area contributed by atoms with Gasteiger partial charge in [0.1, 0.15) is 0 Å². The molecule has 0 aliphatic carbocycles. The van der Waals surface area contributed by atoms with Crippen molar-refractivity contribution in [2.24, 2.45) is 5.92 Å². The molecule has 1 aliphatic heterocycles. The van der Waals surface area contributed by atoms with E-state index in [2.05, 4.69) is 38.1 Å². The molecule has 3 rings (SSSR count). The highest BCUT2D eigenvalue weighted by atomic mass is 32.2. The van der Waals surface area contributed by atoms with Crippen LogP contribution >= 0.6 is 11.8 Å². The van der Waals surface area contributed by atoms with E-state index < -0.39 is 5.97 Å². The fourth-order valence-corrected chi connectivity index (χ4v) is 4.07. The maximum atomic E-state index is 10.9. The Hall–Kier alpha value is -2.00. The highest BCUT2D eigenvalue weighted by Crippen LogP contribution is 2.33. The maximum Gasteiger partial charge on any atom is 0.335 e. The summed E-state index contributed by atoms with van der Waals surface area (Å²) in [5.41, 5.74) is 5.24. The summed E-state index contributed by atoms with van der Waals surface area (Å²) >= 11 is 1.97. The summed E-state index contributed by atoms with van der Waals surface area (Å²) in [4.78, 5) is 12.3. The molecule has 1 atom stereocenters. The molecule has 0 fully saturated rings. The Morgan fingerprint density at radius 3 is 2.58 bits per heavy atom. The van der Waals surface area contributed by atoms with Crippen LogP contribution in [0.2, 0.25) is 0 Å². The van der Waals surface area contributed by atoms with Crippen LogP contribution in [-0.4, -0.2) is 16.8 Å². The van der Waals surface area contributed by atoms with E-state index in [1.807, 2.05) is 23.9 Å². The van der Waals surface area contributed by atoms with Gasteiger partial charge in [-0.15, -0.1) is 11.8 Å². The van der Waals surface area contributed by atoms with Gasteiger partial charge in [-0.25, -0.2) is 4.79 Å². The molecule has 1 unspecified atom stereocenters. The fourth-order valence-electron chi connectivity index (χ4n) is 2.93. The second-order valence-corrected chi connectivity index (χ2v) is 7.59. The van der Waals surface area contributed by atoms with E-state index in [0.29, 0.717) is 5.56 Å². The molecule has 24 heavy (non-hydrogen) atoms. The summed E-state index contributed by atoms with van der Waals surface area (Å²) in [7, 11) is 0. The second kappa shape index (κ2) is 7.27. The lowest BCUT2D eigenvalue weighted by Crippen LogP contribution is -1.96. The number of aryl methyl sites for hydroxylation is 1. The van der Waals surface area contributed by atoms with E-state index in [-0.39, 0.29) is 0 Å². The van der Waals surface area contributed by atoms with Crippen molar-refractivity contribution in [3.05, 3.63) is 64.7 Å². The van der Waals surface area contributed by atoms with Gasteiger partial charge in [-0.2, -0.15) is 0 Å². The molecule has 124 valence electrons. The van der Waals surface area contributed by atoms with Crippen LogP contribution in [0.3, 0.4) is 0 Å². The Kier molecular flexibility index (Phi) is 5.10. The third-order valence-electron chi connectivity index (χ3n) is 4.49. The first-order valence-corrected chi connectivity index (χ1v) is 9.29. The van der Waals surface area contributed by atoms with E-state index in [4.69, 9.17) is 5.11 Å². The highest BCUT2D eigenvalue weighted by molar-refractivity contribution is 7.99. The van der Waals surface area contributed by atoms with Crippen LogP contribution in [0.1, 0.15) is 47.3 Å². The van der Waals surface area contributed by atoms with Crippen LogP contribution in [0.15, 0.2) is 47.4 Å². The number of carboxylic acid groups (broad SMARTS) is 1. The Bertz CT molecular complexity index is 775. The fraction of sp³-hybridized carbons (Fsp3) is 0.286. The van der Waals surface area contributed by atoms with E-state index in [1.165, 1.54) is 33.8 Å². The number of hydrogen-bond acceptors (Lipinski definition) is 2. The molecular formula is C21H22O2S. The highest BCUT2D eigenvalue weighted by Gasteiger charge is 2.14. The number of carbonyl (C=O) groups is 1. The molecule has 0 saturated carbocycles. The third-order valence-corrected chi connectivity index (χ3v) is 5.93. The topological polar surface area (TPSA) is 37.3 Å². The first-order valence-electron chi connectivity index (χ1n) is 8.30. The van der Waals surface area contributed by atoms with Gasteiger partial charge in [-0.1, -0.05) is 37.3 Å². The van der Waals surface area contributed by atoms with Gasteiger partial charge in [0.2, 0.25) is 0 Å². The van der Waals surface area contributed by atoms with Gasteiger partial charge in [0.25, 0.3) is 0 Å². The van der Waals surface area contributed by atoms with E-state index in [0.717, 1.165) is 17.9 Å². The van der Waals surface area contributed by atoms with Crippen molar-refractivity contribution in [1.82, 2.24) is 0 Å². The number of allylic oxidation sites excluding steroid dienone is 1. The molecule has 0 bridgehead atoms. The third kappa shape index (κ3) is 3.90. The molecule has 0 saturated heterocycles. The molecule has 0 aromatic heterocycles. The van der Waals surface area contributed by atoms with Crippen molar-refractivity contribution in [2.75, 3.05) is 5.75 Å².